The number of benzene rings is 1. The van der Waals surface area contributed by atoms with Crippen LogP contribution in [0, 0.1) is 6.92 Å². The number of rotatable bonds is 3. The number of ether oxygens (including phenoxy) is 2. The summed E-state index contributed by atoms with van der Waals surface area (Å²) in [5, 5.41) is 0. The van der Waals surface area contributed by atoms with Gasteiger partial charge in [0.2, 0.25) is 0 Å². The molecule has 2 nitrogen and oxygen atoms in total. The molecular weight excluding hydrogens is 257 g/mol. The molecule has 0 saturated carbocycles. The van der Waals surface area contributed by atoms with E-state index in [0.29, 0.717) is 5.56 Å². The minimum absolute atomic E-state index is 0.0673. The summed E-state index contributed by atoms with van der Waals surface area (Å²) in [6, 6.07) is 3.36. The maximum Gasteiger partial charge on any atom is 0.416 e. The maximum atomic E-state index is 12.3. The molecule has 0 aromatic heterocycles. The van der Waals surface area contributed by atoms with Crippen LogP contribution in [0.5, 0.6) is 5.75 Å². The van der Waals surface area contributed by atoms with Crippen LogP contribution in [0.3, 0.4) is 0 Å². The smallest absolute Gasteiger partial charge is 0.416 e. The van der Waals surface area contributed by atoms with Crippen LogP contribution in [0.25, 0.3) is 0 Å². The molecule has 0 fully saturated rings. The second kappa shape index (κ2) is 10.7. The molecule has 0 saturated heterocycles. The predicted molar refractivity (Wildman–Crippen MR) is 71.4 cm³/mol. The molecule has 1 rings (SSSR count). The number of aryl methyl sites for hydroxylation is 1. The van der Waals surface area contributed by atoms with Crippen molar-refractivity contribution >= 4 is 0 Å². The third kappa shape index (κ3) is 7.72. The summed E-state index contributed by atoms with van der Waals surface area (Å²) < 4.78 is 46.6. The van der Waals surface area contributed by atoms with Crippen LogP contribution >= 0.6 is 0 Å². The highest BCUT2D eigenvalue weighted by Crippen LogP contribution is 2.32. The van der Waals surface area contributed by atoms with Crippen LogP contribution in [0.4, 0.5) is 13.2 Å². The average Bonchev–Trinajstić information content (AvgIpc) is 2.41. The minimum Gasteiger partial charge on any atom is -0.467 e. The summed E-state index contributed by atoms with van der Waals surface area (Å²) in [7, 11) is 1.41. The summed E-state index contributed by atoms with van der Waals surface area (Å²) in [6.07, 6.45) is -4.35. The highest BCUT2D eigenvalue weighted by molar-refractivity contribution is 5.37. The van der Waals surface area contributed by atoms with Gasteiger partial charge in [0.25, 0.3) is 0 Å². The van der Waals surface area contributed by atoms with E-state index in [-0.39, 0.29) is 12.5 Å². The Morgan fingerprint density at radius 2 is 1.58 bits per heavy atom. The Balaban J connectivity index is 0. The lowest BCUT2D eigenvalue weighted by molar-refractivity contribution is -0.137. The molecule has 0 unspecified atom stereocenters. The van der Waals surface area contributed by atoms with Crippen molar-refractivity contribution in [2.45, 2.75) is 40.8 Å². The van der Waals surface area contributed by atoms with Crippen molar-refractivity contribution in [2.24, 2.45) is 0 Å². The van der Waals surface area contributed by atoms with Gasteiger partial charge in [-0.25, -0.2) is 0 Å². The van der Waals surface area contributed by atoms with Gasteiger partial charge in [0, 0.05) is 7.11 Å². The van der Waals surface area contributed by atoms with Gasteiger partial charge in [0.15, 0.2) is 6.79 Å². The lowest BCUT2D eigenvalue weighted by Gasteiger charge is -2.11. The zero-order chi connectivity index (χ0) is 15.5. The Kier molecular flexibility index (Phi) is 11.3. The number of alkyl halides is 3. The second-order valence-corrected chi connectivity index (χ2v) is 3.03. The second-order valence-electron chi connectivity index (χ2n) is 3.03. The number of hydrogen-bond acceptors (Lipinski definition) is 2. The normalized spacial score (nSPS) is 9.74. The van der Waals surface area contributed by atoms with E-state index in [1.807, 2.05) is 27.7 Å². The van der Waals surface area contributed by atoms with Gasteiger partial charge < -0.3 is 9.47 Å². The molecule has 0 aliphatic rings. The van der Waals surface area contributed by atoms with Gasteiger partial charge in [-0.05, 0) is 24.6 Å². The number of halogens is 3. The van der Waals surface area contributed by atoms with Crippen molar-refractivity contribution < 1.29 is 22.6 Å². The zero-order valence-corrected chi connectivity index (χ0v) is 12.4. The largest absolute Gasteiger partial charge is 0.467 e. The fourth-order valence-corrected chi connectivity index (χ4v) is 1.05. The van der Waals surface area contributed by atoms with Gasteiger partial charge in [-0.15, -0.1) is 0 Å². The Labute approximate surface area is 113 Å². The summed E-state index contributed by atoms with van der Waals surface area (Å²) in [6.45, 7) is 9.60. The van der Waals surface area contributed by atoms with Crippen LogP contribution in [-0.2, 0) is 10.9 Å². The first-order chi connectivity index (χ1) is 8.95. The standard InChI is InChI=1S/C10H11F3O2.2C2H6/c1-7-3-4-8(10(11,12)13)5-9(7)15-6-14-2;2*1-2/h3-5H,6H2,1-2H3;2*1-2H3. The first kappa shape index (κ1) is 20.1. The van der Waals surface area contributed by atoms with Crippen LogP contribution in [0.1, 0.15) is 38.8 Å². The molecule has 0 N–H and O–H groups in total. The highest BCUT2D eigenvalue weighted by Gasteiger charge is 2.30. The molecule has 112 valence electrons. The summed E-state index contributed by atoms with van der Waals surface area (Å²) in [5.74, 6) is 0.187. The fraction of sp³-hybridized carbons (Fsp3) is 0.571. The van der Waals surface area contributed by atoms with Gasteiger partial charge in [-0.3, -0.25) is 0 Å². The van der Waals surface area contributed by atoms with E-state index >= 15 is 0 Å². The molecule has 0 atom stereocenters. The molecule has 0 amide bonds. The lowest BCUT2D eigenvalue weighted by Crippen LogP contribution is -2.07. The van der Waals surface area contributed by atoms with Gasteiger partial charge >= 0.3 is 6.18 Å². The third-order valence-electron chi connectivity index (χ3n) is 1.85. The molecule has 1 aromatic rings. The van der Waals surface area contributed by atoms with Gasteiger partial charge in [-0.2, -0.15) is 13.2 Å². The minimum atomic E-state index is -4.35. The summed E-state index contributed by atoms with van der Waals surface area (Å²) >= 11 is 0. The number of hydrogen-bond donors (Lipinski definition) is 0. The first-order valence-corrected chi connectivity index (χ1v) is 6.24. The molecule has 1 aromatic carbocycles. The molecule has 0 aliphatic heterocycles. The molecule has 0 aliphatic carbocycles. The van der Waals surface area contributed by atoms with Gasteiger partial charge in [-0.1, -0.05) is 33.8 Å². The van der Waals surface area contributed by atoms with Crippen LogP contribution < -0.4 is 4.74 Å². The Morgan fingerprint density at radius 3 is 2.00 bits per heavy atom. The molecular formula is C14H23F3O2. The Hall–Kier alpha value is -1.23. The summed E-state index contributed by atoms with van der Waals surface area (Å²) in [4.78, 5) is 0. The molecule has 0 spiro atoms. The van der Waals surface area contributed by atoms with Gasteiger partial charge in [0.05, 0.1) is 5.56 Å². The molecule has 0 bridgehead atoms. The van der Waals surface area contributed by atoms with Crippen LogP contribution in [0.15, 0.2) is 18.2 Å². The molecule has 0 radical (unpaired) electrons. The molecule has 19 heavy (non-hydrogen) atoms. The van der Waals surface area contributed by atoms with Crippen molar-refractivity contribution in [1.29, 1.82) is 0 Å². The lowest BCUT2D eigenvalue weighted by atomic mass is 10.1. The van der Waals surface area contributed by atoms with Crippen molar-refractivity contribution in [3.63, 3.8) is 0 Å². The molecule has 5 heteroatoms. The zero-order valence-electron chi connectivity index (χ0n) is 12.4. The van der Waals surface area contributed by atoms with Crippen LogP contribution in [-0.4, -0.2) is 13.9 Å². The van der Waals surface area contributed by atoms with Crippen molar-refractivity contribution in [2.75, 3.05) is 13.9 Å². The van der Waals surface area contributed by atoms with Gasteiger partial charge in [0.1, 0.15) is 5.75 Å². The van der Waals surface area contributed by atoms with Crippen LogP contribution in [0.2, 0.25) is 0 Å². The Bertz CT molecular complexity index is 336. The Morgan fingerprint density at radius 1 is 1.05 bits per heavy atom. The van der Waals surface area contributed by atoms with E-state index in [2.05, 4.69) is 4.74 Å². The van der Waals surface area contributed by atoms with Crippen molar-refractivity contribution in [3.05, 3.63) is 29.3 Å². The highest BCUT2D eigenvalue weighted by atomic mass is 19.4. The van der Waals surface area contributed by atoms with Crippen molar-refractivity contribution in [3.8, 4) is 5.75 Å². The van der Waals surface area contributed by atoms with E-state index in [1.54, 1.807) is 6.92 Å². The quantitative estimate of drug-likeness (QED) is 0.721. The maximum absolute atomic E-state index is 12.3. The fourth-order valence-electron chi connectivity index (χ4n) is 1.05. The van der Waals surface area contributed by atoms with E-state index in [4.69, 9.17) is 4.74 Å². The van der Waals surface area contributed by atoms with E-state index in [0.717, 1.165) is 12.1 Å². The SMILES string of the molecule is CC.CC.COCOc1cc(C(F)(F)F)ccc1C. The van der Waals surface area contributed by atoms with E-state index in [1.165, 1.54) is 13.2 Å². The predicted octanol–water partition coefficient (Wildman–Crippen LogP) is 5.05. The summed E-state index contributed by atoms with van der Waals surface area (Å²) in [5.41, 5.74) is -0.0840. The monoisotopic (exact) mass is 280 g/mol. The van der Waals surface area contributed by atoms with Crippen molar-refractivity contribution in [1.82, 2.24) is 0 Å². The average molecular weight is 280 g/mol. The third-order valence-corrected chi connectivity index (χ3v) is 1.85. The van der Waals surface area contributed by atoms with E-state index in [9.17, 15) is 13.2 Å². The number of methoxy groups -OCH3 is 1. The first-order valence-electron chi connectivity index (χ1n) is 6.24. The molecule has 0 heterocycles. The van der Waals surface area contributed by atoms with E-state index < -0.39 is 11.7 Å². The topological polar surface area (TPSA) is 18.5 Å².